The molecule has 2 nitrogen and oxygen atoms in total. The SMILES string of the molecule is Oc1ccc([C-]=Cc2[c-]c(Br)cc(O)c2Br)cc1.[U+2]. The van der Waals surface area contributed by atoms with Gasteiger partial charge in [-0.1, -0.05) is 43.1 Å². The van der Waals surface area contributed by atoms with E-state index in [9.17, 15) is 5.11 Å². The largest absolute Gasteiger partial charge is 2.00 e. The molecule has 0 aromatic heterocycles. The van der Waals surface area contributed by atoms with Crippen molar-refractivity contribution in [1.29, 1.82) is 0 Å². The Labute approximate surface area is 152 Å². The molecule has 0 aliphatic carbocycles. The Balaban J connectivity index is 0.00000180. The molecule has 0 heterocycles. The standard InChI is InChI=1S/C14H8Br2O2.U/c15-11-7-10(14(16)13(18)8-11)4-1-9-2-5-12(17)6-3-9;/h2-6,8,17-18H;/q-2;+2. The molecule has 19 heavy (non-hydrogen) atoms. The molecule has 2 rings (SSSR count). The van der Waals surface area contributed by atoms with Gasteiger partial charge in [-0.05, 0) is 0 Å². The van der Waals surface area contributed by atoms with Crippen molar-refractivity contribution < 1.29 is 41.3 Å². The quantitative estimate of drug-likeness (QED) is 0.396. The van der Waals surface area contributed by atoms with Crippen LogP contribution in [0.15, 0.2) is 39.3 Å². The molecule has 2 aromatic carbocycles. The number of hydrogen-bond acceptors (Lipinski definition) is 2. The van der Waals surface area contributed by atoms with Crippen LogP contribution < -0.4 is 0 Å². The number of phenolic OH excluding ortho intramolecular Hbond substituents is 2. The van der Waals surface area contributed by atoms with Crippen LogP contribution >= 0.6 is 31.9 Å². The number of benzene rings is 2. The Morgan fingerprint density at radius 1 is 1.11 bits per heavy atom. The van der Waals surface area contributed by atoms with E-state index < -0.39 is 0 Å². The maximum absolute atomic E-state index is 9.64. The fraction of sp³-hybridized carbons (Fsp3) is 0. The zero-order valence-electron chi connectivity index (χ0n) is 9.61. The summed E-state index contributed by atoms with van der Waals surface area (Å²) in [5.74, 6) is 0.354. The van der Waals surface area contributed by atoms with Gasteiger partial charge in [0.2, 0.25) is 0 Å². The molecule has 0 amide bonds. The molecule has 2 aromatic rings. The maximum Gasteiger partial charge on any atom is 2.00 e. The molecule has 0 fully saturated rings. The summed E-state index contributed by atoms with van der Waals surface area (Å²) in [5, 5.41) is 18.8. The van der Waals surface area contributed by atoms with Crippen molar-refractivity contribution in [2.24, 2.45) is 0 Å². The molecule has 0 saturated heterocycles. The normalized spacial score (nSPS) is 10.4. The average molecular weight is 606 g/mol. The van der Waals surface area contributed by atoms with E-state index in [-0.39, 0.29) is 42.6 Å². The van der Waals surface area contributed by atoms with E-state index in [1.165, 1.54) is 0 Å². The van der Waals surface area contributed by atoms with Crippen LogP contribution in [0.4, 0.5) is 0 Å². The predicted molar refractivity (Wildman–Crippen MR) is 77.3 cm³/mol. The van der Waals surface area contributed by atoms with Crippen LogP contribution in [0.5, 0.6) is 11.5 Å². The van der Waals surface area contributed by atoms with Gasteiger partial charge in [-0.25, -0.2) is 11.6 Å². The minimum atomic E-state index is 0. The van der Waals surface area contributed by atoms with Gasteiger partial charge in [0.1, 0.15) is 0 Å². The summed E-state index contributed by atoms with van der Waals surface area (Å²) in [5.41, 5.74) is 1.52. The molecule has 0 unspecified atom stereocenters. The number of hydrogen-bond donors (Lipinski definition) is 2. The van der Waals surface area contributed by atoms with Crippen molar-refractivity contribution in [1.82, 2.24) is 0 Å². The van der Waals surface area contributed by atoms with Crippen molar-refractivity contribution in [2.75, 3.05) is 0 Å². The van der Waals surface area contributed by atoms with E-state index in [4.69, 9.17) is 5.11 Å². The minimum absolute atomic E-state index is 0. The Hall–Kier alpha value is -0.208. The topological polar surface area (TPSA) is 40.5 Å². The van der Waals surface area contributed by atoms with Crippen LogP contribution in [0, 0.1) is 43.3 Å². The molecule has 2 N–H and O–H groups in total. The Kier molecular flexibility index (Phi) is 6.69. The number of phenols is 2. The third-order valence-electron chi connectivity index (χ3n) is 2.23. The fourth-order valence-corrected chi connectivity index (χ4v) is 2.11. The molecule has 0 saturated carbocycles. The smallest absolute Gasteiger partial charge is 0.527 e. The van der Waals surface area contributed by atoms with Crippen molar-refractivity contribution in [3.05, 3.63) is 62.5 Å². The first kappa shape index (κ1) is 16.8. The van der Waals surface area contributed by atoms with Crippen LogP contribution in [0.25, 0.3) is 6.08 Å². The summed E-state index contributed by atoms with van der Waals surface area (Å²) >= 11 is 6.55. The van der Waals surface area contributed by atoms with Crippen LogP contribution in [0.2, 0.25) is 0 Å². The molecule has 0 atom stereocenters. The number of rotatable bonds is 2. The molecule has 0 aliphatic heterocycles. The molecular weight excluding hydrogens is 598 g/mol. The van der Waals surface area contributed by atoms with Gasteiger partial charge in [-0.15, -0.1) is 28.1 Å². The van der Waals surface area contributed by atoms with Gasteiger partial charge < -0.3 is 10.2 Å². The predicted octanol–water partition coefficient (Wildman–Crippen LogP) is 4.29. The first-order valence-corrected chi connectivity index (χ1v) is 6.64. The van der Waals surface area contributed by atoms with E-state index in [1.54, 1.807) is 36.4 Å². The maximum atomic E-state index is 9.64. The minimum Gasteiger partial charge on any atom is -0.527 e. The van der Waals surface area contributed by atoms with Gasteiger partial charge in [0, 0.05) is 5.75 Å². The van der Waals surface area contributed by atoms with Gasteiger partial charge in [-0.3, -0.25) is 0 Å². The zero-order chi connectivity index (χ0) is 13.1. The molecule has 5 heteroatoms. The second-order valence-electron chi connectivity index (χ2n) is 3.57. The summed E-state index contributed by atoms with van der Waals surface area (Å²) < 4.78 is 1.24. The van der Waals surface area contributed by atoms with E-state index in [2.05, 4.69) is 44.0 Å². The van der Waals surface area contributed by atoms with Crippen LogP contribution in [-0.4, -0.2) is 10.2 Å². The molecule has 0 aliphatic rings. The van der Waals surface area contributed by atoms with E-state index in [0.717, 1.165) is 5.56 Å². The Morgan fingerprint density at radius 2 is 1.74 bits per heavy atom. The summed E-state index contributed by atoms with van der Waals surface area (Å²) in [7, 11) is 0. The Morgan fingerprint density at radius 3 is 2.37 bits per heavy atom. The van der Waals surface area contributed by atoms with Crippen LogP contribution in [0.1, 0.15) is 11.1 Å². The number of halogens is 2. The van der Waals surface area contributed by atoms with Gasteiger partial charge in [0.15, 0.2) is 0 Å². The van der Waals surface area contributed by atoms with Crippen LogP contribution in [0.3, 0.4) is 0 Å². The Bertz CT molecular complexity index is 595. The van der Waals surface area contributed by atoms with Gasteiger partial charge in [-0.2, -0.15) is 17.7 Å². The molecule has 94 valence electrons. The third kappa shape index (κ3) is 4.68. The third-order valence-corrected chi connectivity index (χ3v) is 3.49. The molecular formula is C14H8Br2O2U. The first-order chi connectivity index (χ1) is 8.56. The van der Waals surface area contributed by atoms with Crippen molar-refractivity contribution in [2.45, 2.75) is 0 Å². The van der Waals surface area contributed by atoms with Crippen molar-refractivity contribution in [3.8, 4) is 11.5 Å². The van der Waals surface area contributed by atoms with Gasteiger partial charge in [0.05, 0.1) is 5.75 Å². The zero-order valence-corrected chi connectivity index (χ0v) is 17.0. The molecule has 0 radical (unpaired) electrons. The van der Waals surface area contributed by atoms with E-state index in [1.807, 2.05) is 0 Å². The molecule has 0 spiro atoms. The van der Waals surface area contributed by atoms with Gasteiger partial charge >= 0.3 is 31.1 Å². The fourth-order valence-electron chi connectivity index (χ4n) is 1.35. The summed E-state index contributed by atoms with van der Waals surface area (Å²) in [6, 6.07) is 11.3. The molecule has 0 bridgehead atoms. The second kappa shape index (κ2) is 7.54. The van der Waals surface area contributed by atoms with Crippen molar-refractivity contribution >= 4 is 37.9 Å². The second-order valence-corrected chi connectivity index (χ2v) is 5.21. The van der Waals surface area contributed by atoms with Crippen molar-refractivity contribution in [3.63, 3.8) is 0 Å². The monoisotopic (exact) mass is 604 g/mol. The van der Waals surface area contributed by atoms with Crippen LogP contribution in [-0.2, 0) is 0 Å². The average Bonchev–Trinajstić information content (AvgIpc) is 2.34. The number of aromatic hydroxyl groups is 2. The van der Waals surface area contributed by atoms with E-state index in [0.29, 0.717) is 14.5 Å². The summed E-state index contributed by atoms with van der Waals surface area (Å²) in [6.45, 7) is 0. The van der Waals surface area contributed by atoms with Gasteiger partial charge in [0.25, 0.3) is 0 Å². The summed E-state index contributed by atoms with van der Waals surface area (Å²) in [6.07, 6.45) is 4.76. The summed E-state index contributed by atoms with van der Waals surface area (Å²) in [4.78, 5) is 0. The first-order valence-electron chi connectivity index (χ1n) is 5.05. The van der Waals surface area contributed by atoms with E-state index >= 15 is 0 Å².